The molecule has 0 bridgehead atoms. The molecule has 1 heterocycles. The van der Waals surface area contributed by atoms with Crippen LogP contribution in [0.15, 0.2) is 41.5 Å². The van der Waals surface area contributed by atoms with Gasteiger partial charge >= 0.3 is 0 Å². The van der Waals surface area contributed by atoms with Gasteiger partial charge in [0.05, 0.1) is 29.3 Å². The topological polar surface area (TPSA) is 122 Å². The van der Waals surface area contributed by atoms with E-state index in [-0.39, 0.29) is 24.8 Å². The van der Waals surface area contributed by atoms with Crippen molar-refractivity contribution in [3.05, 3.63) is 57.7 Å². The van der Waals surface area contributed by atoms with Crippen LogP contribution in [0.4, 0.5) is 5.69 Å². The Bertz CT molecular complexity index is 1150. The predicted molar refractivity (Wildman–Crippen MR) is 123 cm³/mol. The van der Waals surface area contributed by atoms with Crippen LogP contribution in [0.5, 0.6) is 5.75 Å². The van der Waals surface area contributed by atoms with Crippen molar-refractivity contribution in [2.45, 2.75) is 19.9 Å². The second-order valence-electron chi connectivity index (χ2n) is 6.76. The summed E-state index contributed by atoms with van der Waals surface area (Å²) in [4.78, 5) is 30.6. The number of guanidine groups is 1. The maximum Gasteiger partial charge on any atom is 0.253 e. The summed E-state index contributed by atoms with van der Waals surface area (Å²) in [6, 6.07) is 8.86. The number of aliphatic imine (C=N–C) groups is 1. The number of carbonyl (C=O) groups is 2. The molecule has 2 amide bonds. The highest BCUT2D eigenvalue weighted by Crippen LogP contribution is 2.31. The van der Waals surface area contributed by atoms with Gasteiger partial charge in [0.2, 0.25) is 5.91 Å². The number of carbonyl (C=O) groups excluding carboxylic acids is 2. The molecule has 0 aliphatic rings. The number of nitrogens with one attached hydrogen (secondary N) is 3. The zero-order chi connectivity index (χ0) is 22.5. The molecule has 0 unspecified atom stereocenters. The van der Waals surface area contributed by atoms with Crippen molar-refractivity contribution < 1.29 is 14.3 Å². The van der Waals surface area contributed by atoms with Gasteiger partial charge in [0, 0.05) is 30.6 Å². The Morgan fingerprint density at radius 1 is 1.19 bits per heavy atom. The van der Waals surface area contributed by atoms with Gasteiger partial charge in [-0.1, -0.05) is 23.2 Å². The Labute approximate surface area is 188 Å². The minimum atomic E-state index is -0.397. The molecule has 2 aromatic carbocycles. The lowest BCUT2D eigenvalue weighted by Gasteiger charge is -2.11. The third kappa shape index (κ3) is 5.68. The van der Waals surface area contributed by atoms with Gasteiger partial charge in [0.15, 0.2) is 5.96 Å². The average Bonchev–Trinajstić information content (AvgIpc) is 3.10. The Morgan fingerprint density at radius 3 is 2.55 bits per heavy atom. The predicted octanol–water partition coefficient (Wildman–Crippen LogP) is 3.62. The monoisotopic (exact) mass is 461 g/mol. The lowest BCUT2D eigenvalue weighted by Crippen LogP contribution is -2.32. The highest BCUT2D eigenvalue weighted by molar-refractivity contribution is 6.39. The van der Waals surface area contributed by atoms with Gasteiger partial charge in [-0.2, -0.15) is 4.99 Å². The molecular weight excluding hydrogens is 441 g/mol. The zero-order valence-corrected chi connectivity index (χ0v) is 18.4. The van der Waals surface area contributed by atoms with Crippen LogP contribution in [0.3, 0.4) is 0 Å². The number of hydrogen-bond donors (Lipinski definition) is 4. The molecule has 5 N–H and O–H groups in total. The Hall–Kier alpha value is -3.23. The third-order valence-corrected chi connectivity index (χ3v) is 5.03. The molecule has 0 radical (unpaired) electrons. The van der Waals surface area contributed by atoms with Crippen LogP contribution in [0, 0.1) is 0 Å². The van der Waals surface area contributed by atoms with E-state index < -0.39 is 5.91 Å². The van der Waals surface area contributed by atoms with E-state index in [0.717, 1.165) is 16.5 Å². The first-order valence-corrected chi connectivity index (χ1v) is 10.0. The number of nitrogens with two attached hydrogens (primary N) is 1. The number of halogens is 2. The molecule has 0 saturated carbocycles. The van der Waals surface area contributed by atoms with Crippen molar-refractivity contribution in [3.8, 4) is 5.75 Å². The first-order chi connectivity index (χ1) is 14.8. The summed E-state index contributed by atoms with van der Waals surface area (Å²) in [7, 11) is 1.59. The van der Waals surface area contributed by atoms with E-state index in [0.29, 0.717) is 27.0 Å². The smallest absolute Gasteiger partial charge is 0.253 e. The minimum absolute atomic E-state index is 0.0272. The number of benzene rings is 2. The van der Waals surface area contributed by atoms with Crippen LogP contribution in [0.25, 0.3) is 10.9 Å². The van der Waals surface area contributed by atoms with Crippen LogP contribution in [-0.4, -0.2) is 29.9 Å². The number of aromatic amines is 1. The summed E-state index contributed by atoms with van der Waals surface area (Å²) >= 11 is 12.3. The number of fused-ring (bicyclic) bond motifs is 1. The molecule has 0 atom stereocenters. The van der Waals surface area contributed by atoms with E-state index in [9.17, 15) is 9.59 Å². The summed E-state index contributed by atoms with van der Waals surface area (Å²) < 4.78 is 5.24. The van der Waals surface area contributed by atoms with Crippen LogP contribution < -0.4 is 21.1 Å². The van der Waals surface area contributed by atoms with Crippen molar-refractivity contribution >= 4 is 57.6 Å². The number of rotatable bonds is 6. The third-order valence-electron chi connectivity index (χ3n) is 4.44. The average molecular weight is 462 g/mol. The molecule has 3 aromatic rings. The number of ether oxygens (including phenoxy) is 1. The van der Waals surface area contributed by atoms with Gasteiger partial charge in [-0.15, -0.1) is 0 Å². The molecule has 31 heavy (non-hydrogen) atoms. The number of methoxy groups -OCH3 is 1. The molecule has 0 saturated heterocycles. The van der Waals surface area contributed by atoms with Crippen LogP contribution in [0.1, 0.15) is 18.1 Å². The van der Waals surface area contributed by atoms with Crippen LogP contribution >= 0.6 is 23.2 Å². The second kappa shape index (κ2) is 9.72. The minimum Gasteiger partial charge on any atom is -0.497 e. The summed E-state index contributed by atoms with van der Waals surface area (Å²) in [5, 5.41) is 6.90. The highest BCUT2D eigenvalue weighted by atomic mass is 35.5. The largest absolute Gasteiger partial charge is 0.497 e. The van der Waals surface area contributed by atoms with E-state index in [1.165, 1.54) is 6.92 Å². The summed E-state index contributed by atoms with van der Waals surface area (Å²) in [6.45, 7) is 1.61. The molecule has 3 rings (SSSR count). The maximum absolute atomic E-state index is 12.4. The van der Waals surface area contributed by atoms with Gasteiger partial charge in [-0.05, 0) is 41.5 Å². The van der Waals surface area contributed by atoms with Crippen molar-refractivity contribution in [3.63, 3.8) is 0 Å². The van der Waals surface area contributed by atoms with Crippen LogP contribution in [0.2, 0.25) is 10.0 Å². The molecule has 162 valence electrons. The molecule has 10 heteroatoms. The normalized spacial score (nSPS) is 11.4. The number of H-pyrrole nitrogens is 1. The highest BCUT2D eigenvalue weighted by Gasteiger charge is 2.12. The SMILES string of the molecule is COc1ccc2[nH]cc(CC(=O)/N=C(\N)NCc3cc(Cl)c(NC(C)=O)c(Cl)c3)c2c1. The fraction of sp³-hybridized carbons (Fsp3) is 0.190. The summed E-state index contributed by atoms with van der Waals surface area (Å²) in [5.74, 6) is -0.00284. The fourth-order valence-corrected chi connectivity index (χ4v) is 3.65. The van der Waals surface area contributed by atoms with E-state index in [1.807, 2.05) is 18.2 Å². The molecule has 0 aliphatic heterocycles. The van der Waals surface area contributed by atoms with Crippen molar-refractivity contribution in [1.29, 1.82) is 0 Å². The number of amides is 2. The van der Waals surface area contributed by atoms with Gasteiger partial charge in [-0.25, -0.2) is 0 Å². The molecule has 0 aliphatic carbocycles. The lowest BCUT2D eigenvalue weighted by molar-refractivity contribution is -0.117. The van der Waals surface area contributed by atoms with Crippen LogP contribution in [-0.2, 0) is 22.6 Å². The van der Waals surface area contributed by atoms with E-state index >= 15 is 0 Å². The van der Waals surface area contributed by atoms with Crippen molar-refractivity contribution in [2.75, 3.05) is 12.4 Å². The molecule has 0 fully saturated rings. The number of anilines is 1. The zero-order valence-electron chi connectivity index (χ0n) is 16.9. The molecule has 1 aromatic heterocycles. The number of aromatic nitrogens is 1. The first-order valence-electron chi connectivity index (χ1n) is 9.27. The Balaban J connectivity index is 1.64. The Kier molecular flexibility index (Phi) is 7.04. The van der Waals surface area contributed by atoms with E-state index in [2.05, 4.69) is 20.6 Å². The molecule has 8 nitrogen and oxygen atoms in total. The van der Waals surface area contributed by atoms with Gasteiger partial charge in [0.25, 0.3) is 5.91 Å². The number of nitrogens with zero attached hydrogens (tertiary/aromatic N) is 1. The van der Waals surface area contributed by atoms with Crippen molar-refractivity contribution in [2.24, 2.45) is 10.7 Å². The Morgan fingerprint density at radius 2 is 1.90 bits per heavy atom. The van der Waals surface area contributed by atoms with Gasteiger partial charge in [0.1, 0.15) is 5.75 Å². The standard InChI is InChI=1S/C21H21Cl2N5O3/c1-11(29)27-20-16(22)5-12(6-17(20)23)9-26-21(24)28-19(30)7-13-10-25-18-4-3-14(31-2)8-15(13)18/h3-6,8,10,25H,7,9H2,1-2H3,(H,27,29)(H3,24,26,28,30). The number of hydrogen-bond acceptors (Lipinski definition) is 3. The second-order valence-corrected chi connectivity index (χ2v) is 7.58. The maximum atomic E-state index is 12.4. The summed E-state index contributed by atoms with van der Waals surface area (Å²) in [6.07, 6.45) is 1.85. The van der Waals surface area contributed by atoms with Crippen molar-refractivity contribution in [1.82, 2.24) is 10.3 Å². The molecule has 0 spiro atoms. The van der Waals surface area contributed by atoms with E-state index in [1.54, 1.807) is 25.4 Å². The first kappa shape index (κ1) is 22.5. The van der Waals surface area contributed by atoms with Gasteiger partial charge < -0.3 is 26.1 Å². The molecular formula is C21H21Cl2N5O3. The lowest BCUT2D eigenvalue weighted by atomic mass is 10.1. The fourth-order valence-electron chi connectivity index (χ4n) is 3.02. The summed E-state index contributed by atoms with van der Waals surface area (Å²) in [5.41, 5.74) is 8.59. The van der Waals surface area contributed by atoms with E-state index in [4.69, 9.17) is 33.7 Å². The quantitative estimate of drug-likeness (QED) is 0.329. The van der Waals surface area contributed by atoms with Gasteiger partial charge in [-0.3, -0.25) is 9.59 Å².